The molecule has 1 unspecified atom stereocenters. The third kappa shape index (κ3) is 4.68. The van der Waals surface area contributed by atoms with Crippen LogP contribution in [0.15, 0.2) is 31.0 Å². The van der Waals surface area contributed by atoms with Gasteiger partial charge in [0.2, 0.25) is 0 Å². The predicted octanol–water partition coefficient (Wildman–Crippen LogP) is 0.236. The van der Waals surface area contributed by atoms with Gasteiger partial charge in [0.15, 0.2) is 0 Å². The normalized spacial score (nSPS) is 16.1. The van der Waals surface area contributed by atoms with E-state index in [1.807, 2.05) is 18.5 Å². The zero-order valence-electron chi connectivity index (χ0n) is 14.5. The fourth-order valence-electron chi connectivity index (χ4n) is 2.74. The van der Waals surface area contributed by atoms with Gasteiger partial charge in [0.05, 0.1) is 11.9 Å². The van der Waals surface area contributed by atoms with E-state index in [1.54, 1.807) is 13.3 Å². The van der Waals surface area contributed by atoms with E-state index in [4.69, 9.17) is 5.11 Å². The van der Waals surface area contributed by atoms with Crippen LogP contribution >= 0.6 is 0 Å². The van der Waals surface area contributed by atoms with E-state index >= 15 is 0 Å². The third-order valence-electron chi connectivity index (χ3n) is 4.05. The Labute approximate surface area is 168 Å². The quantitative estimate of drug-likeness (QED) is 0.521. The molecule has 0 aliphatic heterocycles. The number of H-pyrrole nitrogens is 1. The number of nitrogens with one attached hydrogen (secondary N) is 1. The maximum absolute atomic E-state index is 9.37. The fraction of sp³-hybridized carbons (Fsp3) is 0.353. The first kappa shape index (κ1) is 19.6. The number of aliphatic carboxylic acids is 1. The zero-order chi connectivity index (χ0) is 16.9. The van der Waals surface area contributed by atoms with Gasteiger partial charge in [0.1, 0.15) is 12.0 Å². The molecule has 0 spiro atoms. The van der Waals surface area contributed by atoms with Gasteiger partial charge in [0, 0.05) is 35.8 Å². The summed E-state index contributed by atoms with van der Waals surface area (Å²) in [7, 11) is 0. The van der Waals surface area contributed by atoms with E-state index in [1.165, 1.54) is 12.8 Å². The van der Waals surface area contributed by atoms with Crippen molar-refractivity contribution < 1.29 is 39.5 Å². The monoisotopic (exact) mass is 349 g/mol. The Bertz CT molecular complexity index is 823. The molecular formula is C17H20N5NaO2. The van der Waals surface area contributed by atoms with Crippen molar-refractivity contribution in [1.29, 1.82) is 0 Å². The summed E-state index contributed by atoms with van der Waals surface area (Å²) in [5, 5.41) is 13.3. The second kappa shape index (κ2) is 9.12. The summed E-state index contributed by atoms with van der Waals surface area (Å²) in [5.74, 6) is -0.745. The summed E-state index contributed by atoms with van der Waals surface area (Å²) < 4.78 is 2.07. The Hall–Kier alpha value is -1.70. The minimum Gasteiger partial charge on any atom is -0.481 e. The molecule has 3 aromatic rings. The molecule has 0 bridgehead atoms. The van der Waals surface area contributed by atoms with Crippen LogP contribution in [0.1, 0.15) is 38.6 Å². The van der Waals surface area contributed by atoms with E-state index in [-0.39, 0.29) is 36.0 Å². The maximum Gasteiger partial charge on any atom is 1.00 e. The number of aromatic amines is 1. The Morgan fingerprint density at radius 2 is 2.28 bits per heavy atom. The van der Waals surface area contributed by atoms with Crippen LogP contribution in [0.5, 0.6) is 0 Å². The molecule has 1 atom stereocenters. The van der Waals surface area contributed by atoms with Crippen molar-refractivity contribution in [1.82, 2.24) is 24.7 Å². The van der Waals surface area contributed by atoms with Gasteiger partial charge < -0.3 is 16.5 Å². The number of hydrogen-bond donors (Lipinski definition) is 2. The van der Waals surface area contributed by atoms with Crippen LogP contribution in [0, 0.1) is 6.42 Å². The number of hydrogen-bond acceptors (Lipinski definition) is 4. The minimum atomic E-state index is -0.745. The van der Waals surface area contributed by atoms with E-state index in [0.717, 1.165) is 28.7 Å². The molecule has 1 fully saturated rings. The van der Waals surface area contributed by atoms with Gasteiger partial charge in [-0.3, -0.25) is 9.48 Å². The van der Waals surface area contributed by atoms with E-state index in [0.29, 0.717) is 6.04 Å². The Morgan fingerprint density at radius 1 is 1.48 bits per heavy atom. The molecule has 1 saturated carbocycles. The first-order valence-electron chi connectivity index (χ1n) is 8.05. The van der Waals surface area contributed by atoms with E-state index in [2.05, 4.69) is 37.4 Å². The molecule has 0 radical (unpaired) electrons. The molecule has 3 heterocycles. The second-order valence-corrected chi connectivity index (χ2v) is 5.67. The molecule has 0 amide bonds. The van der Waals surface area contributed by atoms with Crippen LogP contribution in [0.25, 0.3) is 22.3 Å². The van der Waals surface area contributed by atoms with Crippen molar-refractivity contribution in [2.24, 2.45) is 0 Å². The number of fused-ring (bicyclic) bond motifs is 1. The van der Waals surface area contributed by atoms with Gasteiger partial charge in [-0.2, -0.15) is 17.9 Å². The molecule has 8 heteroatoms. The molecule has 0 saturated heterocycles. The number of carboxylic acids is 1. The molecule has 1 aliphatic rings. The summed E-state index contributed by atoms with van der Waals surface area (Å²) in [5.41, 5.74) is 2.87. The van der Waals surface area contributed by atoms with Crippen LogP contribution < -0.4 is 29.6 Å². The summed E-state index contributed by atoms with van der Waals surface area (Å²) >= 11 is 0. The van der Waals surface area contributed by atoms with Crippen molar-refractivity contribution in [3.63, 3.8) is 0 Å². The summed E-state index contributed by atoms with van der Waals surface area (Å²) in [4.78, 5) is 21.1. The number of carbonyl (C=O) groups is 1. The number of aromatic nitrogens is 5. The van der Waals surface area contributed by atoms with Gasteiger partial charge in [0.25, 0.3) is 0 Å². The smallest absolute Gasteiger partial charge is 0.481 e. The van der Waals surface area contributed by atoms with Crippen molar-refractivity contribution in [2.45, 2.75) is 38.6 Å². The SMILES string of the molecule is CCC(=O)O.[Na+].c1nc(-c2cnn(C3C[CH-]CC3)c2)c2cc[nH]c2n1. The molecule has 4 rings (SSSR count). The minimum absolute atomic E-state index is 0. The number of nitrogens with zero attached hydrogens (tertiary/aromatic N) is 4. The summed E-state index contributed by atoms with van der Waals surface area (Å²) in [6.07, 6.45) is 13.5. The van der Waals surface area contributed by atoms with Gasteiger partial charge >= 0.3 is 35.5 Å². The molecule has 2 N–H and O–H groups in total. The largest absolute Gasteiger partial charge is 1.00 e. The molecule has 7 nitrogen and oxygen atoms in total. The van der Waals surface area contributed by atoms with Crippen molar-refractivity contribution in [3.8, 4) is 11.3 Å². The predicted molar refractivity (Wildman–Crippen MR) is 90.2 cm³/mol. The number of carboxylic acid groups (broad SMARTS) is 1. The molecular weight excluding hydrogens is 329 g/mol. The van der Waals surface area contributed by atoms with Crippen LogP contribution in [0.3, 0.4) is 0 Å². The topological polar surface area (TPSA) is 96.7 Å². The molecule has 1 aliphatic carbocycles. The van der Waals surface area contributed by atoms with Crippen molar-refractivity contribution >= 4 is 17.0 Å². The van der Waals surface area contributed by atoms with Gasteiger partial charge in [-0.25, -0.2) is 9.97 Å². The Kier molecular flexibility index (Phi) is 7.16. The molecule has 126 valence electrons. The van der Waals surface area contributed by atoms with Crippen molar-refractivity contribution in [3.05, 3.63) is 37.4 Å². The summed E-state index contributed by atoms with van der Waals surface area (Å²) in [6, 6.07) is 2.52. The average Bonchev–Trinajstić information content (AvgIpc) is 3.33. The Balaban J connectivity index is 0.000000335. The first-order valence-corrected chi connectivity index (χ1v) is 8.05. The van der Waals surface area contributed by atoms with Crippen LogP contribution in [-0.2, 0) is 4.79 Å². The van der Waals surface area contributed by atoms with Gasteiger partial charge in [-0.05, 0) is 6.07 Å². The fourth-order valence-corrected chi connectivity index (χ4v) is 2.74. The van der Waals surface area contributed by atoms with Gasteiger partial charge in [-0.15, -0.1) is 0 Å². The van der Waals surface area contributed by atoms with Crippen LogP contribution in [-0.4, -0.2) is 35.8 Å². The molecule has 3 aromatic heterocycles. The molecule has 25 heavy (non-hydrogen) atoms. The van der Waals surface area contributed by atoms with Crippen LogP contribution in [0.2, 0.25) is 0 Å². The van der Waals surface area contributed by atoms with Gasteiger partial charge in [-0.1, -0.05) is 13.3 Å². The zero-order valence-corrected chi connectivity index (χ0v) is 16.5. The van der Waals surface area contributed by atoms with Crippen molar-refractivity contribution in [2.75, 3.05) is 0 Å². The third-order valence-corrected chi connectivity index (χ3v) is 4.05. The van der Waals surface area contributed by atoms with E-state index in [9.17, 15) is 4.79 Å². The van der Waals surface area contributed by atoms with E-state index < -0.39 is 5.97 Å². The van der Waals surface area contributed by atoms with Crippen LogP contribution in [0.4, 0.5) is 0 Å². The average molecular weight is 349 g/mol. The second-order valence-electron chi connectivity index (χ2n) is 5.67. The maximum atomic E-state index is 9.37. The Morgan fingerprint density at radius 3 is 2.96 bits per heavy atom. The number of rotatable bonds is 3. The summed E-state index contributed by atoms with van der Waals surface area (Å²) in [6.45, 7) is 1.60. The standard InChI is InChI=1S/C14H14N5.C3H6O2.Na/c1-2-4-11(3-1)19-8-10(7-18-19)13-12-5-6-15-14(12)17-9-16-13;1-2-3(4)5;/h1,5-9,11H,2-4H2,(H,15,16,17);2H2,1H3,(H,4,5);/q-1;;+1. The molecule has 0 aromatic carbocycles. The first-order chi connectivity index (χ1) is 11.7.